The lowest BCUT2D eigenvalue weighted by Crippen LogP contribution is -2.41. The van der Waals surface area contributed by atoms with Crippen molar-refractivity contribution in [1.82, 2.24) is 0 Å². The number of amides is 1. The summed E-state index contributed by atoms with van der Waals surface area (Å²) in [6.45, 7) is 3.57. The maximum atomic E-state index is 13.4. The van der Waals surface area contributed by atoms with E-state index >= 15 is 0 Å². The quantitative estimate of drug-likeness (QED) is 0.582. The number of hydrogen-bond acceptors (Lipinski definition) is 5. The Labute approximate surface area is 204 Å². The fourth-order valence-electron chi connectivity index (χ4n) is 4.93. The van der Waals surface area contributed by atoms with Crippen molar-refractivity contribution in [1.29, 1.82) is 0 Å². The number of carbonyl (C=O) groups is 2. The normalized spacial score (nSPS) is 16.3. The zero-order chi connectivity index (χ0) is 24.5. The minimum absolute atomic E-state index is 0.0393. The maximum Gasteiger partial charge on any atom is 0.307 e. The van der Waals surface area contributed by atoms with Crippen molar-refractivity contribution in [2.24, 2.45) is 0 Å². The van der Waals surface area contributed by atoms with E-state index in [0.29, 0.717) is 30.9 Å². The molecule has 1 amide bonds. The van der Waals surface area contributed by atoms with E-state index in [-0.39, 0.29) is 18.4 Å². The van der Waals surface area contributed by atoms with Crippen LogP contribution < -0.4 is 19.3 Å². The van der Waals surface area contributed by atoms with Crippen LogP contribution in [0.3, 0.4) is 0 Å². The van der Waals surface area contributed by atoms with Crippen LogP contribution in [-0.2, 0) is 17.6 Å². The molecule has 2 aliphatic heterocycles. The number of fused-ring (bicyclic) bond motifs is 2. The molecule has 35 heavy (non-hydrogen) atoms. The van der Waals surface area contributed by atoms with Crippen molar-refractivity contribution in [3.63, 3.8) is 0 Å². The van der Waals surface area contributed by atoms with E-state index < -0.39 is 5.97 Å². The van der Waals surface area contributed by atoms with E-state index in [1.807, 2.05) is 68.6 Å². The highest BCUT2D eigenvalue weighted by Crippen LogP contribution is 2.34. The lowest BCUT2D eigenvalue weighted by molar-refractivity contribution is -0.136. The molecule has 0 radical (unpaired) electrons. The number of carboxylic acid groups (broad SMARTS) is 1. The number of anilines is 2. The van der Waals surface area contributed by atoms with Gasteiger partial charge in [-0.1, -0.05) is 24.3 Å². The zero-order valence-corrected chi connectivity index (χ0v) is 19.9. The fourth-order valence-corrected chi connectivity index (χ4v) is 4.93. The Hall–Kier alpha value is -4.00. The van der Waals surface area contributed by atoms with Crippen LogP contribution in [0.2, 0.25) is 0 Å². The van der Waals surface area contributed by atoms with Gasteiger partial charge in [-0.25, -0.2) is 0 Å². The first-order valence-electron chi connectivity index (χ1n) is 11.8. The highest BCUT2D eigenvalue weighted by Gasteiger charge is 2.29. The van der Waals surface area contributed by atoms with Crippen LogP contribution in [0.4, 0.5) is 11.4 Å². The van der Waals surface area contributed by atoms with Crippen LogP contribution in [0.1, 0.15) is 27.0 Å². The summed E-state index contributed by atoms with van der Waals surface area (Å²) in [5, 5.41) is 9.19. The van der Waals surface area contributed by atoms with Gasteiger partial charge < -0.3 is 24.4 Å². The minimum atomic E-state index is -0.871. The Bertz CT molecular complexity index is 1290. The largest absolute Gasteiger partial charge is 0.490 e. The molecule has 0 fully saturated rings. The molecule has 7 nitrogen and oxygen atoms in total. The molecule has 2 heterocycles. The predicted molar refractivity (Wildman–Crippen MR) is 134 cm³/mol. The molecule has 0 saturated heterocycles. The van der Waals surface area contributed by atoms with Gasteiger partial charge in [0.1, 0.15) is 24.2 Å². The van der Waals surface area contributed by atoms with Crippen molar-refractivity contribution in [3.8, 4) is 11.5 Å². The second-order valence-electron chi connectivity index (χ2n) is 9.07. The molecule has 0 aromatic heterocycles. The van der Waals surface area contributed by atoms with Gasteiger partial charge in [0.25, 0.3) is 5.91 Å². The van der Waals surface area contributed by atoms with Crippen molar-refractivity contribution in [3.05, 3.63) is 82.9 Å². The summed E-state index contributed by atoms with van der Waals surface area (Å²) >= 11 is 0. The van der Waals surface area contributed by atoms with Gasteiger partial charge >= 0.3 is 5.97 Å². The van der Waals surface area contributed by atoms with Gasteiger partial charge in [0.15, 0.2) is 0 Å². The number of aryl methyl sites for hydroxylation is 1. The second kappa shape index (κ2) is 9.33. The van der Waals surface area contributed by atoms with Crippen molar-refractivity contribution in [2.75, 3.05) is 36.5 Å². The second-order valence-corrected chi connectivity index (χ2v) is 9.07. The van der Waals surface area contributed by atoms with Crippen LogP contribution in [0.15, 0.2) is 60.7 Å². The van der Waals surface area contributed by atoms with E-state index in [1.165, 1.54) is 0 Å². The van der Waals surface area contributed by atoms with Crippen molar-refractivity contribution >= 4 is 23.3 Å². The van der Waals surface area contributed by atoms with Crippen LogP contribution in [0, 0.1) is 6.92 Å². The van der Waals surface area contributed by atoms with Gasteiger partial charge in [-0.3, -0.25) is 9.59 Å². The van der Waals surface area contributed by atoms with Gasteiger partial charge in [-0.2, -0.15) is 0 Å². The monoisotopic (exact) mass is 472 g/mol. The van der Waals surface area contributed by atoms with E-state index in [9.17, 15) is 14.7 Å². The summed E-state index contributed by atoms with van der Waals surface area (Å²) in [5.41, 5.74) is 5.02. The van der Waals surface area contributed by atoms with Crippen molar-refractivity contribution < 1.29 is 24.2 Å². The predicted octanol–water partition coefficient (Wildman–Crippen LogP) is 4.10. The summed E-state index contributed by atoms with van der Waals surface area (Å²) in [6, 6.07) is 19.0. The number of para-hydroxylation sites is 2. The lowest BCUT2D eigenvalue weighted by Gasteiger charge is -2.33. The molecule has 0 aliphatic carbocycles. The average Bonchev–Trinajstić information content (AvgIpc) is 3.27. The van der Waals surface area contributed by atoms with Gasteiger partial charge in [0, 0.05) is 24.8 Å². The van der Waals surface area contributed by atoms with E-state index in [2.05, 4.69) is 4.90 Å². The first-order chi connectivity index (χ1) is 16.9. The number of nitrogens with zero attached hydrogens (tertiary/aromatic N) is 2. The van der Waals surface area contributed by atoms with Crippen LogP contribution in [0.5, 0.6) is 11.5 Å². The van der Waals surface area contributed by atoms with Crippen molar-refractivity contribution in [2.45, 2.75) is 25.9 Å². The smallest absolute Gasteiger partial charge is 0.307 e. The number of benzene rings is 3. The summed E-state index contributed by atoms with van der Waals surface area (Å²) in [5.74, 6) is 0.581. The Kier molecular flexibility index (Phi) is 6.07. The molecule has 180 valence electrons. The van der Waals surface area contributed by atoms with Gasteiger partial charge in [0.05, 0.1) is 18.7 Å². The number of rotatable bonds is 6. The number of ether oxygens (including phenoxy) is 2. The summed E-state index contributed by atoms with van der Waals surface area (Å²) in [7, 11) is 2.04. The minimum Gasteiger partial charge on any atom is -0.490 e. The van der Waals surface area contributed by atoms with E-state index in [1.54, 1.807) is 11.0 Å². The Morgan fingerprint density at radius 3 is 2.69 bits per heavy atom. The summed E-state index contributed by atoms with van der Waals surface area (Å²) < 4.78 is 12.1. The number of carboxylic acids is 1. The third-order valence-electron chi connectivity index (χ3n) is 6.62. The van der Waals surface area contributed by atoms with Crippen LogP contribution >= 0.6 is 0 Å². The highest BCUT2D eigenvalue weighted by atomic mass is 16.5. The molecule has 0 unspecified atom stereocenters. The SMILES string of the molecule is Cc1cc(OC[C@@H]2CN(C)c3ccccc3O2)ccc1C(=O)N1CCc2c(CC(=O)O)cccc21. The first kappa shape index (κ1) is 22.8. The molecule has 1 N–H and O–H groups in total. The van der Waals surface area contributed by atoms with Gasteiger partial charge in [-0.15, -0.1) is 0 Å². The highest BCUT2D eigenvalue weighted by molar-refractivity contribution is 6.08. The number of aliphatic carboxylic acids is 1. The molecular formula is C28H28N2O5. The lowest BCUT2D eigenvalue weighted by atomic mass is 10.0. The summed E-state index contributed by atoms with van der Waals surface area (Å²) in [6.07, 6.45) is 0.518. The molecule has 3 aromatic rings. The molecule has 3 aromatic carbocycles. The standard InChI is InChI=1S/C28H28N2O5/c1-18-14-20(34-17-21-16-29(2)25-7-3-4-9-26(25)35-21)10-11-22(18)28(33)30-13-12-23-19(15-27(31)32)6-5-8-24(23)30/h3-11,14,21H,12-13,15-17H2,1-2H3,(H,31,32)/t21-/m0/s1. The Balaban J connectivity index is 1.27. The first-order valence-corrected chi connectivity index (χ1v) is 11.8. The molecule has 0 bridgehead atoms. The number of carbonyl (C=O) groups excluding carboxylic acids is 1. The fraction of sp³-hybridized carbons (Fsp3) is 0.286. The van der Waals surface area contributed by atoms with E-state index in [0.717, 1.165) is 40.4 Å². The molecule has 2 aliphatic rings. The molecule has 0 saturated carbocycles. The zero-order valence-electron chi connectivity index (χ0n) is 19.9. The molecule has 0 spiro atoms. The molecule has 7 heteroatoms. The average molecular weight is 473 g/mol. The van der Waals surface area contributed by atoms with Gasteiger partial charge in [0.2, 0.25) is 0 Å². The third kappa shape index (κ3) is 4.54. The van der Waals surface area contributed by atoms with E-state index in [4.69, 9.17) is 9.47 Å². The Morgan fingerprint density at radius 1 is 1.09 bits per heavy atom. The topological polar surface area (TPSA) is 79.3 Å². The maximum absolute atomic E-state index is 13.4. The Morgan fingerprint density at radius 2 is 1.89 bits per heavy atom. The summed E-state index contributed by atoms with van der Waals surface area (Å²) in [4.78, 5) is 28.5. The van der Waals surface area contributed by atoms with Crippen LogP contribution in [-0.4, -0.2) is 49.8 Å². The molecule has 1 atom stereocenters. The molecular weight excluding hydrogens is 444 g/mol. The molecule has 5 rings (SSSR count). The number of hydrogen-bond donors (Lipinski definition) is 1. The number of likely N-dealkylation sites (N-methyl/N-ethyl adjacent to an activating group) is 1. The third-order valence-corrected chi connectivity index (χ3v) is 6.62. The van der Waals surface area contributed by atoms with Gasteiger partial charge in [-0.05, 0) is 66.4 Å². The van der Waals surface area contributed by atoms with Crippen LogP contribution in [0.25, 0.3) is 0 Å².